The zero-order chi connectivity index (χ0) is 48.6. The highest BCUT2D eigenvalue weighted by atomic mass is 14.4. The average molecular weight is 909 g/mol. The first kappa shape index (κ1) is 60.3. The normalized spacial score (nSPS) is 13.1. The Hall–Kier alpha value is -5.72. The first-order valence-electron chi connectivity index (χ1n) is 24.8. The molecule has 68 heavy (non-hydrogen) atoms. The van der Waals surface area contributed by atoms with Crippen molar-refractivity contribution in [2.24, 2.45) is 0 Å². The zero-order valence-electron chi connectivity index (χ0n) is 43.7. The fourth-order valence-electron chi connectivity index (χ4n) is 7.82. The van der Waals surface area contributed by atoms with Crippen molar-refractivity contribution in [3.8, 4) is 22.3 Å². The van der Waals surface area contributed by atoms with Gasteiger partial charge in [-0.3, -0.25) is 0 Å². The molecule has 0 radical (unpaired) electrons. The third-order valence-corrected chi connectivity index (χ3v) is 12.6. The minimum Gasteiger partial charge on any atom is -0.0847 e. The standard InChI is InChI=1S/C20H24.C20H22.C16H22.C7H8.C3H8.2CH4/c1-6-14(3)15-8-10-17-16-9-7-13(2)11-18(16)20(4,5)19(17)12-15;1-4-16(2)10-11-17(3)18-12-14-20(15-13-18)19-8-6-5-7-9-19;1-5-7-11-15(13(3)6-2)16-12-9-8-10-14(16)4;1-7-5-3-2-4-6-7;1-3-2;;/h7-12,14H,6H2,1-5H3;4-15,17H,1-3H3;7-12H,5-6H2,1-4H3;2-6H,1H3;3H2,1-2H3;2*1H4/b;11-10-,16-4-;11-7-,15-13+;;;;. The number of allylic oxidation sites excluding steroid dienone is 8. The quantitative estimate of drug-likeness (QED) is 0.120. The molecule has 364 valence electrons. The van der Waals surface area contributed by atoms with Crippen LogP contribution in [0.25, 0.3) is 27.8 Å². The maximum Gasteiger partial charge on any atom is 0.0159 e. The van der Waals surface area contributed by atoms with Crippen molar-refractivity contribution in [1.82, 2.24) is 0 Å². The third-order valence-electron chi connectivity index (χ3n) is 12.6. The Morgan fingerprint density at radius 2 is 1.09 bits per heavy atom. The minimum atomic E-state index is 0. The summed E-state index contributed by atoms with van der Waals surface area (Å²) >= 11 is 0. The Bertz CT molecular complexity index is 2450. The van der Waals surface area contributed by atoms with Gasteiger partial charge in [-0.1, -0.05) is 282 Å². The van der Waals surface area contributed by atoms with E-state index < -0.39 is 0 Å². The summed E-state index contributed by atoms with van der Waals surface area (Å²) in [6, 6.07) is 52.2. The molecule has 0 saturated carbocycles. The van der Waals surface area contributed by atoms with Gasteiger partial charge in [-0.05, 0) is 134 Å². The molecule has 0 heteroatoms. The Kier molecular flexibility index (Phi) is 27.8. The molecule has 1 aliphatic carbocycles. The Morgan fingerprint density at radius 3 is 1.60 bits per heavy atom. The monoisotopic (exact) mass is 909 g/mol. The molecule has 0 fully saturated rings. The van der Waals surface area contributed by atoms with Gasteiger partial charge in [0, 0.05) is 5.41 Å². The second-order valence-corrected chi connectivity index (χ2v) is 18.5. The topological polar surface area (TPSA) is 0 Å². The van der Waals surface area contributed by atoms with E-state index >= 15 is 0 Å². The Balaban J connectivity index is 0.000000459. The van der Waals surface area contributed by atoms with Crippen molar-refractivity contribution in [3.05, 3.63) is 232 Å². The summed E-state index contributed by atoms with van der Waals surface area (Å²) in [5, 5.41) is 0. The zero-order valence-corrected chi connectivity index (χ0v) is 43.7. The van der Waals surface area contributed by atoms with Crippen LogP contribution in [0.3, 0.4) is 0 Å². The first-order chi connectivity index (χ1) is 31.7. The van der Waals surface area contributed by atoms with Crippen molar-refractivity contribution < 1.29 is 0 Å². The van der Waals surface area contributed by atoms with Crippen molar-refractivity contribution >= 4 is 5.57 Å². The molecule has 0 bridgehead atoms. The van der Waals surface area contributed by atoms with E-state index in [2.05, 4.69) is 256 Å². The van der Waals surface area contributed by atoms with Gasteiger partial charge >= 0.3 is 0 Å². The van der Waals surface area contributed by atoms with Gasteiger partial charge in [0.15, 0.2) is 0 Å². The van der Waals surface area contributed by atoms with E-state index in [1.165, 1.54) is 96.3 Å². The summed E-state index contributed by atoms with van der Waals surface area (Å²) in [6.07, 6.45) is 15.7. The van der Waals surface area contributed by atoms with E-state index in [1.54, 1.807) is 0 Å². The minimum absolute atomic E-state index is 0. The Morgan fingerprint density at radius 1 is 0.574 bits per heavy atom. The lowest BCUT2D eigenvalue weighted by atomic mass is 9.80. The molecule has 1 aliphatic rings. The van der Waals surface area contributed by atoms with Crippen LogP contribution in [-0.2, 0) is 5.41 Å². The van der Waals surface area contributed by atoms with Gasteiger partial charge in [-0.2, -0.15) is 0 Å². The molecule has 0 N–H and O–H groups in total. The van der Waals surface area contributed by atoms with E-state index in [-0.39, 0.29) is 20.3 Å². The van der Waals surface area contributed by atoms with E-state index in [1.807, 2.05) is 24.3 Å². The smallest absolute Gasteiger partial charge is 0.0159 e. The lowest BCUT2D eigenvalue weighted by Gasteiger charge is -2.23. The van der Waals surface area contributed by atoms with Crippen LogP contribution in [0.4, 0.5) is 0 Å². The summed E-state index contributed by atoms with van der Waals surface area (Å²) in [6.45, 7) is 33.0. The van der Waals surface area contributed by atoms with Crippen LogP contribution in [0.5, 0.6) is 0 Å². The summed E-state index contributed by atoms with van der Waals surface area (Å²) in [5.74, 6) is 1.08. The number of hydrogen-bond acceptors (Lipinski definition) is 0. The van der Waals surface area contributed by atoms with Crippen molar-refractivity contribution in [3.63, 3.8) is 0 Å². The lowest BCUT2D eigenvalue weighted by Crippen LogP contribution is -2.15. The van der Waals surface area contributed by atoms with Crippen LogP contribution >= 0.6 is 0 Å². The van der Waals surface area contributed by atoms with Crippen LogP contribution in [-0.4, -0.2) is 0 Å². The molecule has 0 aliphatic heterocycles. The van der Waals surface area contributed by atoms with Crippen LogP contribution in [0.15, 0.2) is 187 Å². The summed E-state index contributed by atoms with van der Waals surface area (Å²) in [7, 11) is 0. The molecular weight excluding hydrogens is 817 g/mol. The number of rotatable bonds is 10. The van der Waals surface area contributed by atoms with Crippen molar-refractivity contribution in [1.29, 1.82) is 0 Å². The molecule has 6 aromatic carbocycles. The van der Waals surface area contributed by atoms with E-state index in [0.717, 1.165) is 12.8 Å². The SMILES string of the molecule is C.C.C/C=C(C)\C=C/C(C)c1ccc(-c2ccccc2)cc1.CC/C=C\C(=C(\C)CC)c1ccccc1C.CCC.CCC(C)c1ccc2c(c1)C(C)(C)c1cc(C)ccc1-2.Cc1ccccc1. The van der Waals surface area contributed by atoms with Gasteiger partial charge in [-0.15, -0.1) is 0 Å². The van der Waals surface area contributed by atoms with Crippen molar-refractivity contribution in [2.75, 3.05) is 0 Å². The van der Waals surface area contributed by atoms with Gasteiger partial charge in [0.1, 0.15) is 0 Å². The van der Waals surface area contributed by atoms with E-state index in [9.17, 15) is 0 Å². The fourth-order valence-corrected chi connectivity index (χ4v) is 7.82. The lowest BCUT2D eigenvalue weighted by molar-refractivity contribution is 0.654. The highest BCUT2D eigenvalue weighted by Crippen LogP contribution is 2.49. The van der Waals surface area contributed by atoms with E-state index in [4.69, 9.17) is 0 Å². The predicted octanol–water partition coefficient (Wildman–Crippen LogP) is 21.6. The van der Waals surface area contributed by atoms with E-state index in [0.29, 0.717) is 11.8 Å². The van der Waals surface area contributed by atoms with Crippen LogP contribution in [0, 0.1) is 20.8 Å². The number of aryl methyl sites for hydroxylation is 3. The fraction of sp³-hybridized carbons (Fsp3) is 0.353. The molecule has 0 amide bonds. The number of benzene rings is 6. The van der Waals surface area contributed by atoms with Crippen LogP contribution < -0.4 is 0 Å². The second kappa shape index (κ2) is 31.3. The van der Waals surface area contributed by atoms with Gasteiger partial charge in [-0.25, -0.2) is 0 Å². The maximum absolute atomic E-state index is 2.44. The van der Waals surface area contributed by atoms with Gasteiger partial charge in [0.05, 0.1) is 0 Å². The van der Waals surface area contributed by atoms with Crippen LogP contribution in [0.2, 0.25) is 0 Å². The molecule has 6 aromatic rings. The van der Waals surface area contributed by atoms with Gasteiger partial charge in [0.2, 0.25) is 0 Å². The van der Waals surface area contributed by atoms with Crippen LogP contribution in [0.1, 0.15) is 180 Å². The molecule has 2 unspecified atom stereocenters. The average Bonchev–Trinajstić information content (AvgIpc) is 3.56. The molecular formula is C68H92. The molecule has 0 nitrogen and oxygen atoms in total. The largest absolute Gasteiger partial charge is 0.0847 e. The predicted molar refractivity (Wildman–Crippen MR) is 310 cm³/mol. The number of fused-ring (bicyclic) bond motifs is 3. The van der Waals surface area contributed by atoms with Gasteiger partial charge in [0.25, 0.3) is 0 Å². The highest BCUT2D eigenvalue weighted by Gasteiger charge is 2.35. The summed E-state index contributed by atoms with van der Waals surface area (Å²) < 4.78 is 0. The molecule has 2 atom stereocenters. The molecule has 0 aromatic heterocycles. The summed E-state index contributed by atoms with van der Waals surface area (Å²) in [4.78, 5) is 0. The first-order valence-corrected chi connectivity index (χ1v) is 24.8. The Labute approximate surface area is 419 Å². The second-order valence-electron chi connectivity index (χ2n) is 18.5. The summed E-state index contributed by atoms with van der Waals surface area (Å²) in [5.41, 5.74) is 20.9. The highest BCUT2D eigenvalue weighted by molar-refractivity contribution is 5.81. The maximum atomic E-state index is 2.44. The molecule has 7 rings (SSSR count). The number of hydrogen-bond donors (Lipinski definition) is 0. The molecule has 0 heterocycles. The molecule has 0 spiro atoms. The third kappa shape index (κ3) is 18.1. The molecule has 0 saturated heterocycles. The van der Waals surface area contributed by atoms with Gasteiger partial charge < -0.3 is 0 Å². The van der Waals surface area contributed by atoms with Crippen molar-refractivity contribution in [2.45, 2.75) is 162 Å².